The molecule has 0 saturated heterocycles. The highest BCUT2D eigenvalue weighted by Crippen LogP contribution is 2.35. The van der Waals surface area contributed by atoms with Gasteiger partial charge in [-0.2, -0.15) is 4.52 Å². The fraction of sp³-hybridized carbons (Fsp3) is 0.522. The van der Waals surface area contributed by atoms with Crippen molar-refractivity contribution in [2.75, 3.05) is 37.5 Å². The van der Waals surface area contributed by atoms with Gasteiger partial charge in [0.25, 0.3) is 0 Å². The molecule has 0 unspecified atom stereocenters. The number of aromatic nitrogens is 3. The molecule has 2 aromatic heterocycles. The highest BCUT2D eigenvalue weighted by atomic mass is 32.1. The number of nitrogens with zero attached hydrogens (tertiary/aromatic N) is 4. The Morgan fingerprint density at radius 3 is 2.53 bits per heavy atom. The number of carbonyl (C=O) groups excluding carboxylic acids is 1. The van der Waals surface area contributed by atoms with Crippen LogP contribution in [-0.2, 0) is 4.79 Å². The van der Waals surface area contributed by atoms with E-state index in [0.29, 0.717) is 12.5 Å². The van der Waals surface area contributed by atoms with Crippen molar-refractivity contribution in [3.8, 4) is 17.0 Å². The van der Waals surface area contributed by atoms with Gasteiger partial charge in [-0.25, -0.2) is 4.98 Å². The molecule has 1 amide bonds. The van der Waals surface area contributed by atoms with Gasteiger partial charge >= 0.3 is 0 Å². The molecular formula is C23H34N6O2S. The van der Waals surface area contributed by atoms with Crippen LogP contribution in [-0.4, -0.2) is 53.3 Å². The molecule has 0 radical (unpaired) electrons. The normalized spacial score (nSPS) is 11.8. The first-order valence-electron chi connectivity index (χ1n) is 10.9. The maximum Gasteiger partial charge on any atom is 0.239 e. The van der Waals surface area contributed by atoms with Gasteiger partial charge < -0.3 is 20.3 Å². The lowest BCUT2D eigenvalue weighted by atomic mass is 10.1. The molecule has 2 N–H and O–H groups in total. The number of hydrogen-bond acceptors (Lipinski definition) is 7. The Balaban J connectivity index is 1.86. The summed E-state index contributed by atoms with van der Waals surface area (Å²) in [5.74, 6) is 2.19. The number of likely N-dealkylation sites (N-methyl/N-ethyl adjacent to an activating group) is 1. The van der Waals surface area contributed by atoms with Gasteiger partial charge in [0.05, 0.1) is 13.7 Å². The Bertz CT molecular complexity index is 1050. The molecule has 0 bridgehead atoms. The molecule has 0 aliphatic rings. The lowest BCUT2D eigenvalue weighted by molar-refractivity contribution is -0.119. The summed E-state index contributed by atoms with van der Waals surface area (Å²) in [4.78, 5) is 19.8. The molecule has 174 valence electrons. The van der Waals surface area contributed by atoms with Crippen molar-refractivity contribution < 1.29 is 9.53 Å². The summed E-state index contributed by atoms with van der Waals surface area (Å²) in [6.07, 6.45) is 0.969. The monoisotopic (exact) mass is 458 g/mol. The van der Waals surface area contributed by atoms with Crippen molar-refractivity contribution in [1.82, 2.24) is 19.9 Å². The van der Waals surface area contributed by atoms with Gasteiger partial charge in [-0.15, -0.1) is 5.10 Å². The van der Waals surface area contributed by atoms with E-state index < -0.39 is 0 Å². The zero-order valence-electron chi connectivity index (χ0n) is 20.0. The van der Waals surface area contributed by atoms with Crippen molar-refractivity contribution >= 4 is 33.2 Å². The molecule has 0 aliphatic heterocycles. The number of carbonyl (C=O) groups is 1. The Morgan fingerprint density at radius 1 is 1.25 bits per heavy atom. The van der Waals surface area contributed by atoms with Crippen molar-refractivity contribution in [1.29, 1.82) is 0 Å². The van der Waals surface area contributed by atoms with Gasteiger partial charge in [-0.05, 0) is 57.4 Å². The van der Waals surface area contributed by atoms with Crippen LogP contribution < -0.4 is 20.3 Å². The average molecular weight is 459 g/mol. The molecule has 0 atom stereocenters. The number of nitrogens with one attached hydrogen (secondary N) is 2. The SMILES string of the molecule is COc1ccc(-c2nc3sc(N(C)CC(=O)NCCC(C)C)nn3c2NC(C)(C)C)cc1. The maximum atomic E-state index is 12.3. The summed E-state index contributed by atoms with van der Waals surface area (Å²) >= 11 is 1.46. The van der Waals surface area contributed by atoms with E-state index in [9.17, 15) is 4.79 Å². The number of rotatable bonds is 9. The fourth-order valence-electron chi connectivity index (χ4n) is 3.15. The molecular weight excluding hydrogens is 424 g/mol. The Labute approximate surface area is 194 Å². The quantitative estimate of drug-likeness (QED) is 0.498. The Kier molecular flexibility index (Phi) is 7.28. The maximum absolute atomic E-state index is 12.3. The van der Waals surface area contributed by atoms with Gasteiger partial charge in [-0.3, -0.25) is 4.79 Å². The smallest absolute Gasteiger partial charge is 0.239 e. The first-order valence-corrected chi connectivity index (χ1v) is 11.7. The number of imidazole rings is 1. The van der Waals surface area contributed by atoms with Gasteiger partial charge in [-0.1, -0.05) is 25.2 Å². The summed E-state index contributed by atoms with van der Waals surface area (Å²) in [5.41, 5.74) is 1.64. The molecule has 3 rings (SSSR count). The molecule has 0 saturated carbocycles. The predicted octanol–water partition coefficient (Wildman–Crippen LogP) is 4.28. The topological polar surface area (TPSA) is 83.8 Å². The largest absolute Gasteiger partial charge is 0.497 e. The number of benzene rings is 1. The summed E-state index contributed by atoms with van der Waals surface area (Å²) < 4.78 is 7.11. The first kappa shape index (κ1) is 23.8. The predicted molar refractivity (Wildman–Crippen MR) is 132 cm³/mol. The molecule has 2 heterocycles. The van der Waals surface area contributed by atoms with Crippen LogP contribution in [0.25, 0.3) is 16.2 Å². The van der Waals surface area contributed by atoms with Crippen LogP contribution in [0.5, 0.6) is 5.75 Å². The van der Waals surface area contributed by atoms with E-state index in [2.05, 4.69) is 45.3 Å². The lowest BCUT2D eigenvalue weighted by Crippen LogP contribution is -2.36. The molecule has 0 spiro atoms. The molecule has 1 aromatic carbocycles. The Hall–Kier alpha value is -2.81. The molecule has 0 aliphatic carbocycles. The van der Waals surface area contributed by atoms with E-state index in [1.54, 1.807) is 7.11 Å². The number of anilines is 2. The summed E-state index contributed by atoms with van der Waals surface area (Å²) in [6.45, 7) is 11.5. The van der Waals surface area contributed by atoms with Gasteiger partial charge in [0.15, 0.2) is 5.82 Å². The Morgan fingerprint density at radius 2 is 1.94 bits per heavy atom. The summed E-state index contributed by atoms with van der Waals surface area (Å²) in [7, 11) is 3.53. The second-order valence-electron chi connectivity index (χ2n) is 9.38. The van der Waals surface area contributed by atoms with Gasteiger partial charge in [0.2, 0.25) is 16.0 Å². The van der Waals surface area contributed by atoms with Crippen LogP contribution in [0.2, 0.25) is 0 Å². The van der Waals surface area contributed by atoms with Crippen molar-refractivity contribution in [3.05, 3.63) is 24.3 Å². The van der Waals surface area contributed by atoms with Crippen LogP contribution in [0.3, 0.4) is 0 Å². The van der Waals surface area contributed by atoms with Crippen molar-refractivity contribution in [2.45, 2.75) is 46.6 Å². The highest BCUT2D eigenvalue weighted by Gasteiger charge is 2.23. The second-order valence-corrected chi connectivity index (χ2v) is 10.3. The number of fused-ring (bicyclic) bond motifs is 1. The van der Waals surface area contributed by atoms with E-state index in [1.165, 1.54) is 11.3 Å². The molecule has 8 nitrogen and oxygen atoms in total. The third-order valence-corrected chi connectivity index (χ3v) is 5.82. The first-order chi connectivity index (χ1) is 15.1. The van der Waals surface area contributed by atoms with Gasteiger partial charge in [0.1, 0.15) is 11.4 Å². The minimum Gasteiger partial charge on any atom is -0.497 e. The third-order valence-electron chi connectivity index (χ3n) is 4.80. The number of hydrogen-bond donors (Lipinski definition) is 2. The standard InChI is InChI=1S/C23H34N6O2S/c1-15(2)12-13-24-18(30)14-28(6)22-27-29-20(26-23(3,4)5)19(25-21(29)32-22)16-8-10-17(31-7)11-9-16/h8-11,15,26H,12-14H2,1-7H3,(H,24,30). The van der Waals surface area contributed by atoms with E-state index >= 15 is 0 Å². The minimum absolute atomic E-state index is 0.00653. The van der Waals surface area contributed by atoms with Crippen LogP contribution in [0.4, 0.5) is 10.9 Å². The van der Waals surface area contributed by atoms with Crippen molar-refractivity contribution in [3.63, 3.8) is 0 Å². The zero-order valence-corrected chi connectivity index (χ0v) is 20.8. The van der Waals surface area contributed by atoms with Crippen LogP contribution >= 0.6 is 11.3 Å². The van der Waals surface area contributed by atoms with Crippen molar-refractivity contribution in [2.24, 2.45) is 5.92 Å². The van der Waals surface area contributed by atoms with Crippen LogP contribution in [0.1, 0.15) is 41.0 Å². The number of ether oxygens (including phenoxy) is 1. The summed E-state index contributed by atoms with van der Waals surface area (Å²) in [6, 6.07) is 7.84. The fourth-order valence-corrected chi connectivity index (χ4v) is 4.01. The van der Waals surface area contributed by atoms with E-state index in [1.807, 2.05) is 40.7 Å². The molecule has 9 heteroatoms. The van der Waals surface area contributed by atoms with E-state index in [4.69, 9.17) is 14.8 Å². The number of methoxy groups -OCH3 is 1. The van der Waals surface area contributed by atoms with E-state index in [-0.39, 0.29) is 18.0 Å². The highest BCUT2D eigenvalue weighted by molar-refractivity contribution is 7.20. The summed E-state index contributed by atoms with van der Waals surface area (Å²) in [5, 5.41) is 12.0. The third kappa shape index (κ3) is 5.91. The molecule has 0 fully saturated rings. The average Bonchev–Trinajstić information content (AvgIpc) is 3.26. The minimum atomic E-state index is -0.177. The van der Waals surface area contributed by atoms with Crippen LogP contribution in [0, 0.1) is 5.92 Å². The molecule has 32 heavy (non-hydrogen) atoms. The zero-order chi connectivity index (χ0) is 23.5. The van der Waals surface area contributed by atoms with Gasteiger partial charge in [0, 0.05) is 24.7 Å². The number of amides is 1. The van der Waals surface area contributed by atoms with E-state index in [0.717, 1.165) is 39.3 Å². The lowest BCUT2D eigenvalue weighted by Gasteiger charge is -2.22. The van der Waals surface area contributed by atoms with Crippen LogP contribution in [0.15, 0.2) is 24.3 Å². The molecule has 3 aromatic rings. The second kappa shape index (κ2) is 9.77.